The van der Waals surface area contributed by atoms with Gasteiger partial charge in [0, 0.05) is 6.42 Å². The van der Waals surface area contributed by atoms with Gasteiger partial charge in [0.1, 0.15) is 0 Å². The summed E-state index contributed by atoms with van der Waals surface area (Å²) in [5.41, 5.74) is -0.901. The molecule has 1 unspecified atom stereocenters. The fourth-order valence-corrected chi connectivity index (χ4v) is 1.41. The molecule has 0 aromatic rings. The summed E-state index contributed by atoms with van der Waals surface area (Å²) in [4.78, 5) is 27.5. The Morgan fingerprint density at radius 1 is 1.38 bits per heavy atom. The van der Waals surface area contributed by atoms with E-state index in [-0.39, 0.29) is 23.5 Å². The van der Waals surface area contributed by atoms with Crippen LogP contribution in [0.2, 0.25) is 0 Å². The van der Waals surface area contributed by atoms with Crippen LogP contribution in [0.5, 0.6) is 0 Å². The monoisotopic (exact) mass is 225 g/mol. The topological polar surface area (TPSA) is 55.7 Å². The summed E-state index contributed by atoms with van der Waals surface area (Å²) in [6, 6.07) is 0. The molecule has 0 aliphatic carbocycles. The van der Waals surface area contributed by atoms with Crippen molar-refractivity contribution in [2.45, 2.75) is 46.6 Å². The van der Waals surface area contributed by atoms with Crippen LogP contribution in [0.4, 0.5) is 0 Å². The van der Waals surface area contributed by atoms with Crippen LogP contribution in [0, 0.1) is 11.8 Å². The average molecular weight is 225 g/mol. The lowest BCUT2D eigenvalue weighted by Gasteiger charge is -2.19. The molecule has 0 amide bonds. The number of cyclic esters (lactones) is 1. The van der Waals surface area contributed by atoms with Gasteiger partial charge in [-0.25, -0.2) is 9.79 Å². The van der Waals surface area contributed by atoms with E-state index in [0.717, 1.165) is 0 Å². The van der Waals surface area contributed by atoms with Crippen LogP contribution in [-0.4, -0.2) is 23.2 Å². The maximum atomic E-state index is 11.7. The first-order valence-corrected chi connectivity index (χ1v) is 5.62. The van der Waals surface area contributed by atoms with Gasteiger partial charge in [-0.2, -0.15) is 0 Å². The molecule has 0 aromatic heterocycles. The molecule has 4 heteroatoms. The second kappa shape index (κ2) is 4.36. The summed E-state index contributed by atoms with van der Waals surface area (Å²) in [7, 11) is 0. The van der Waals surface area contributed by atoms with Gasteiger partial charge >= 0.3 is 5.97 Å². The highest BCUT2D eigenvalue weighted by Crippen LogP contribution is 2.28. The van der Waals surface area contributed by atoms with Crippen molar-refractivity contribution < 1.29 is 14.3 Å². The number of carbonyl (C=O) groups is 2. The van der Waals surface area contributed by atoms with Gasteiger partial charge in [0.05, 0.1) is 0 Å². The van der Waals surface area contributed by atoms with E-state index in [9.17, 15) is 9.59 Å². The van der Waals surface area contributed by atoms with E-state index in [1.54, 1.807) is 6.92 Å². The molecule has 1 rings (SSSR count). The van der Waals surface area contributed by atoms with Crippen LogP contribution < -0.4 is 0 Å². The van der Waals surface area contributed by atoms with Crippen molar-refractivity contribution in [1.82, 2.24) is 0 Å². The van der Waals surface area contributed by atoms with E-state index >= 15 is 0 Å². The van der Waals surface area contributed by atoms with E-state index in [1.165, 1.54) is 0 Å². The first kappa shape index (κ1) is 12.9. The van der Waals surface area contributed by atoms with Gasteiger partial charge in [-0.3, -0.25) is 4.79 Å². The smallest absolute Gasteiger partial charge is 0.340 e. The molecule has 1 atom stereocenters. The highest BCUT2D eigenvalue weighted by atomic mass is 16.6. The van der Waals surface area contributed by atoms with Crippen molar-refractivity contribution in [3.05, 3.63) is 0 Å². The standard InChI is InChI=1S/C12H19NO3/c1-7(2)6-9(14)10-13-12(5,8(3)4)11(15)16-10/h7-8H,6H2,1-5H3. The van der Waals surface area contributed by atoms with Crippen molar-refractivity contribution in [3.63, 3.8) is 0 Å². The SMILES string of the molecule is CC(C)CC(=O)C1=NC(C)(C(C)C)C(=O)O1. The van der Waals surface area contributed by atoms with Crippen LogP contribution in [0.15, 0.2) is 4.99 Å². The maximum absolute atomic E-state index is 11.7. The summed E-state index contributed by atoms with van der Waals surface area (Å²) < 4.78 is 4.96. The third kappa shape index (κ3) is 2.31. The van der Waals surface area contributed by atoms with Crippen molar-refractivity contribution in [2.75, 3.05) is 0 Å². The van der Waals surface area contributed by atoms with E-state index in [2.05, 4.69) is 4.99 Å². The van der Waals surface area contributed by atoms with Gasteiger partial charge in [-0.15, -0.1) is 0 Å². The zero-order chi connectivity index (χ0) is 12.5. The number of Topliss-reactive ketones (excluding diaryl/α,β-unsaturated/α-hetero) is 1. The molecule has 0 bridgehead atoms. The largest absolute Gasteiger partial charge is 0.402 e. The van der Waals surface area contributed by atoms with Crippen molar-refractivity contribution >= 4 is 17.7 Å². The lowest BCUT2D eigenvalue weighted by Crippen LogP contribution is -2.35. The third-order valence-electron chi connectivity index (χ3n) is 2.89. The number of carbonyl (C=O) groups excluding carboxylic acids is 2. The maximum Gasteiger partial charge on any atom is 0.340 e. The highest BCUT2D eigenvalue weighted by Gasteiger charge is 2.45. The lowest BCUT2D eigenvalue weighted by molar-refractivity contribution is -0.140. The number of rotatable bonds is 4. The Kier molecular flexibility index (Phi) is 3.51. The Balaban J connectivity index is 2.87. The van der Waals surface area contributed by atoms with Gasteiger partial charge in [-0.1, -0.05) is 27.7 Å². The summed E-state index contributed by atoms with van der Waals surface area (Å²) in [5.74, 6) is -0.374. The molecule has 0 N–H and O–H groups in total. The molecule has 0 aromatic carbocycles. The van der Waals surface area contributed by atoms with Gasteiger partial charge in [-0.05, 0) is 18.8 Å². The molecule has 16 heavy (non-hydrogen) atoms. The molecule has 0 saturated heterocycles. The Morgan fingerprint density at radius 2 is 1.94 bits per heavy atom. The molecule has 0 saturated carbocycles. The third-order valence-corrected chi connectivity index (χ3v) is 2.89. The van der Waals surface area contributed by atoms with Gasteiger partial charge in [0.15, 0.2) is 5.54 Å². The van der Waals surface area contributed by atoms with Gasteiger partial charge in [0.25, 0.3) is 5.90 Å². The summed E-state index contributed by atoms with van der Waals surface area (Å²) in [6.45, 7) is 9.37. The second-order valence-corrected chi connectivity index (χ2v) is 5.13. The fraction of sp³-hybridized carbons (Fsp3) is 0.750. The number of ketones is 1. The van der Waals surface area contributed by atoms with Crippen molar-refractivity contribution in [2.24, 2.45) is 16.8 Å². The van der Waals surface area contributed by atoms with E-state index < -0.39 is 11.5 Å². The Bertz CT molecular complexity index is 344. The minimum Gasteiger partial charge on any atom is -0.402 e. The zero-order valence-corrected chi connectivity index (χ0v) is 10.5. The van der Waals surface area contributed by atoms with Crippen LogP contribution in [-0.2, 0) is 14.3 Å². The normalized spacial score (nSPS) is 24.9. The predicted molar refractivity (Wildman–Crippen MR) is 61.2 cm³/mol. The van der Waals surface area contributed by atoms with Crippen molar-refractivity contribution in [1.29, 1.82) is 0 Å². The minimum atomic E-state index is -0.901. The fourth-order valence-electron chi connectivity index (χ4n) is 1.41. The first-order valence-electron chi connectivity index (χ1n) is 5.62. The summed E-state index contributed by atoms with van der Waals surface area (Å²) >= 11 is 0. The number of nitrogens with zero attached hydrogens (tertiary/aromatic N) is 1. The second-order valence-electron chi connectivity index (χ2n) is 5.13. The number of hydrogen-bond donors (Lipinski definition) is 0. The van der Waals surface area contributed by atoms with Crippen LogP contribution in [0.3, 0.4) is 0 Å². The highest BCUT2D eigenvalue weighted by molar-refractivity contribution is 6.39. The Morgan fingerprint density at radius 3 is 2.31 bits per heavy atom. The van der Waals surface area contributed by atoms with Gasteiger partial charge < -0.3 is 4.74 Å². The number of aliphatic imine (C=N–C) groups is 1. The number of ether oxygens (including phenoxy) is 1. The molecular formula is C12H19NO3. The summed E-state index contributed by atoms with van der Waals surface area (Å²) in [5, 5.41) is 0. The molecule has 0 fully saturated rings. The Hall–Kier alpha value is -1.19. The molecule has 1 heterocycles. The molecular weight excluding hydrogens is 206 g/mol. The first-order chi connectivity index (χ1) is 7.27. The molecule has 0 radical (unpaired) electrons. The van der Waals surface area contributed by atoms with Gasteiger partial charge in [0.2, 0.25) is 5.78 Å². The van der Waals surface area contributed by atoms with E-state index in [4.69, 9.17) is 4.74 Å². The van der Waals surface area contributed by atoms with Crippen LogP contribution in [0.1, 0.15) is 41.0 Å². The molecule has 1 aliphatic rings. The molecule has 0 spiro atoms. The zero-order valence-electron chi connectivity index (χ0n) is 10.5. The molecule has 90 valence electrons. The van der Waals surface area contributed by atoms with E-state index in [1.807, 2.05) is 27.7 Å². The summed E-state index contributed by atoms with van der Waals surface area (Å²) in [6.07, 6.45) is 0.361. The molecule has 4 nitrogen and oxygen atoms in total. The minimum absolute atomic E-state index is 0.0179. The predicted octanol–water partition coefficient (Wildman–Crippen LogP) is 1.97. The van der Waals surface area contributed by atoms with Crippen LogP contribution in [0.25, 0.3) is 0 Å². The lowest BCUT2D eigenvalue weighted by atomic mass is 9.90. The number of hydrogen-bond acceptors (Lipinski definition) is 4. The Labute approximate surface area is 96.1 Å². The van der Waals surface area contributed by atoms with Crippen molar-refractivity contribution in [3.8, 4) is 0 Å². The number of esters is 1. The average Bonchev–Trinajstić information content (AvgIpc) is 2.43. The molecule has 1 aliphatic heterocycles. The van der Waals surface area contributed by atoms with Crippen LogP contribution >= 0.6 is 0 Å². The van der Waals surface area contributed by atoms with E-state index in [0.29, 0.717) is 6.42 Å². The quantitative estimate of drug-likeness (QED) is 0.687.